The zero-order valence-corrected chi connectivity index (χ0v) is 25.6. The predicted octanol–water partition coefficient (Wildman–Crippen LogP) is 7.65. The third-order valence-electron chi connectivity index (χ3n) is 7.52. The summed E-state index contributed by atoms with van der Waals surface area (Å²) in [6.45, 7) is 8.98. The first kappa shape index (κ1) is 31.1. The summed E-state index contributed by atoms with van der Waals surface area (Å²) < 4.78 is 42.7. The van der Waals surface area contributed by atoms with Crippen LogP contribution < -0.4 is 15.0 Å². The smallest absolute Gasteiger partial charge is 0.406 e. The van der Waals surface area contributed by atoms with Crippen LogP contribution in [0.15, 0.2) is 78.0 Å². The van der Waals surface area contributed by atoms with Crippen molar-refractivity contribution in [3.05, 3.63) is 89.7 Å². The van der Waals surface area contributed by atoms with Gasteiger partial charge < -0.3 is 15.0 Å². The maximum absolute atomic E-state index is 13.0. The van der Waals surface area contributed by atoms with Crippen molar-refractivity contribution in [3.8, 4) is 22.8 Å². The van der Waals surface area contributed by atoms with Gasteiger partial charge in [0.2, 0.25) is 0 Å². The number of aliphatic imine (C=N–C) groups is 1. The molecule has 1 fully saturated rings. The van der Waals surface area contributed by atoms with Crippen LogP contribution >= 0.6 is 11.8 Å². The Balaban J connectivity index is 1.22. The molecule has 8 nitrogen and oxygen atoms in total. The molecule has 1 saturated heterocycles. The number of rotatable bonds is 7. The number of aryl methyl sites for hydroxylation is 2. The highest BCUT2D eigenvalue weighted by Crippen LogP contribution is 2.31. The third kappa shape index (κ3) is 7.42. The second-order valence-corrected chi connectivity index (χ2v) is 11.8. The summed E-state index contributed by atoms with van der Waals surface area (Å²) in [5.41, 5.74) is 5.77. The fourth-order valence-electron chi connectivity index (χ4n) is 5.07. The number of thioether (sulfide) groups is 1. The minimum atomic E-state index is -4.75. The van der Waals surface area contributed by atoms with Gasteiger partial charge in [0, 0.05) is 35.5 Å². The lowest BCUT2D eigenvalue weighted by molar-refractivity contribution is -0.274. The van der Waals surface area contributed by atoms with Crippen LogP contribution in [0.5, 0.6) is 5.75 Å². The van der Waals surface area contributed by atoms with Crippen molar-refractivity contribution in [2.75, 3.05) is 17.2 Å². The number of urea groups is 1. The van der Waals surface area contributed by atoms with Crippen LogP contribution in [-0.4, -0.2) is 50.7 Å². The van der Waals surface area contributed by atoms with E-state index in [-0.39, 0.29) is 23.7 Å². The van der Waals surface area contributed by atoms with E-state index in [1.807, 2.05) is 44.2 Å². The first-order chi connectivity index (χ1) is 21.0. The zero-order valence-electron chi connectivity index (χ0n) is 24.8. The molecule has 0 spiro atoms. The van der Waals surface area contributed by atoms with Gasteiger partial charge >= 0.3 is 12.4 Å². The van der Waals surface area contributed by atoms with E-state index in [2.05, 4.69) is 56.0 Å². The number of nitrogens with one attached hydrogen (secondary N) is 1. The van der Waals surface area contributed by atoms with E-state index >= 15 is 0 Å². The Bertz CT molecular complexity index is 1620. The summed E-state index contributed by atoms with van der Waals surface area (Å²) >= 11 is 1.60. The van der Waals surface area contributed by atoms with E-state index in [9.17, 15) is 18.0 Å². The molecule has 230 valence electrons. The maximum Gasteiger partial charge on any atom is 0.573 e. The van der Waals surface area contributed by atoms with Crippen molar-refractivity contribution < 1.29 is 22.7 Å². The lowest BCUT2D eigenvalue weighted by Gasteiger charge is -2.32. The van der Waals surface area contributed by atoms with Crippen molar-refractivity contribution >= 4 is 28.6 Å². The van der Waals surface area contributed by atoms with Crippen LogP contribution in [0.25, 0.3) is 17.1 Å². The molecule has 0 saturated carbocycles. The normalized spacial score (nSPS) is 16.1. The molecule has 12 heteroatoms. The molecule has 44 heavy (non-hydrogen) atoms. The molecule has 1 aliphatic rings. The van der Waals surface area contributed by atoms with Gasteiger partial charge in [-0.1, -0.05) is 61.2 Å². The number of nitrogens with zero attached hydrogens (tertiary/aromatic N) is 5. The molecule has 4 aromatic rings. The van der Waals surface area contributed by atoms with Crippen LogP contribution in [0.2, 0.25) is 0 Å². The lowest BCUT2D eigenvalue weighted by atomic mass is 9.93. The topological polar surface area (TPSA) is 84.6 Å². The molecule has 0 bridgehead atoms. The van der Waals surface area contributed by atoms with Crippen LogP contribution in [0, 0.1) is 13.8 Å². The Morgan fingerprint density at radius 2 is 1.70 bits per heavy atom. The number of hydrogen-bond acceptors (Lipinski definition) is 5. The average Bonchev–Trinajstić information content (AvgIpc) is 3.47. The Morgan fingerprint density at radius 3 is 2.36 bits per heavy atom. The van der Waals surface area contributed by atoms with E-state index in [0.717, 1.165) is 46.7 Å². The Hall–Kier alpha value is -4.32. The van der Waals surface area contributed by atoms with Crippen LogP contribution in [0.4, 0.5) is 23.7 Å². The highest BCUT2D eigenvalue weighted by atomic mass is 32.2. The largest absolute Gasteiger partial charge is 0.573 e. The van der Waals surface area contributed by atoms with Crippen molar-refractivity contribution in [1.82, 2.24) is 20.1 Å². The fraction of sp³-hybridized carbons (Fsp3) is 0.312. The molecule has 2 heterocycles. The van der Waals surface area contributed by atoms with E-state index in [1.54, 1.807) is 11.8 Å². The molecular formula is C32H33F3N6O2S. The zero-order chi connectivity index (χ0) is 31.4. The first-order valence-electron chi connectivity index (χ1n) is 14.2. The summed E-state index contributed by atoms with van der Waals surface area (Å²) in [5, 5.41) is 8.22. The van der Waals surface area contributed by atoms with Gasteiger partial charge in [-0.3, -0.25) is 0 Å². The second-order valence-electron chi connectivity index (χ2n) is 10.7. The molecule has 3 aromatic carbocycles. The van der Waals surface area contributed by atoms with Gasteiger partial charge in [-0.15, -0.1) is 18.3 Å². The fourth-order valence-corrected chi connectivity index (χ4v) is 6.02. The number of ether oxygens (including phenoxy) is 1. The predicted molar refractivity (Wildman–Crippen MR) is 168 cm³/mol. The number of aromatic nitrogens is 3. The molecule has 5 rings (SSSR count). The van der Waals surface area contributed by atoms with Crippen molar-refractivity contribution in [1.29, 1.82) is 0 Å². The minimum Gasteiger partial charge on any atom is -0.406 e. The minimum absolute atomic E-state index is 0.00451. The quantitative estimate of drug-likeness (QED) is 0.228. The number of hydrogen-bond donors (Lipinski definition) is 1. The van der Waals surface area contributed by atoms with E-state index in [0.29, 0.717) is 16.7 Å². The van der Waals surface area contributed by atoms with Crippen LogP contribution in [0.3, 0.4) is 0 Å². The summed E-state index contributed by atoms with van der Waals surface area (Å²) in [6.07, 6.45) is -2.23. The van der Waals surface area contributed by atoms with E-state index in [4.69, 9.17) is 0 Å². The molecular weight excluding hydrogens is 589 g/mol. The summed E-state index contributed by atoms with van der Waals surface area (Å²) in [7, 11) is 0. The Morgan fingerprint density at radius 1 is 1.02 bits per heavy atom. The van der Waals surface area contributed by atoms with Gasteiger partial charge in [-0.2, -0.15) is 4.99 Å². The van der Waals surface area contributed by atoms with Crippen molar-refractivity contribution in [2.45, 2.75) is 52.4 Å². The number of anilines is 1. The molecule has 2 unspecified atom stereocenters. The number of halogens is 3. The second kappa shape index (κ2) is 13.1. The van der Waals surface area contributed by atoms with E-state index in [1.165, 1.54) is 35.3 Å². The van der Waals surface area contributed by atoms with Crippen molar-refractivity contribution in [2.24, 2.45) is 4.99 Å². The number of benzene rings is 3. The number of amidine groups is 1. The van der Waals surface area contributed by atoms with Crippen LogP contribution in [0.1, 0.15) is 42.9 Å². The average molecular weight is 623 g/mol. The summed E-state index contributed by atoms with van der Waals surface area (Å²) in [4.78, 5) is 24.0. The number of carbonyl (C=O) groups excluding carboxylic acids is 1. The number of alkyl halides is 3. The summed E-state index contributed by atoms with van der Waals surface area (Å²) in [5.74, 6) is 1.08. The molecule has 2 atom stereocenters. The molecule has 0 aliphatic carbocycles. The first-order valence-corrected chi connectivity index (χ1v) is 15.2. The number of amides is 2. The van der Waals surface area contributed by atoms with Gasteiger partial charge in [-0.25, -0.2) is 14.5 Å². The number of carbonyl (C=O) groups is 1. The highest BCUT2D eigenvalue weighted by molar-refractivity contribution is 8.14. The number of para-hydroxylation sites is 1. The standard InChI is InChI=1S/C32H33F3N6O2S/c1-20-7-5-8-21(2)28(20)40-17-6-18-44-31(40)38-30(42)37-23(4)22(3)24-9-11-25(12-10-24)29-36-19-41(39-29)26-13-15-27(16-14-26)43-32(33,34)35/h5,7-16,19,22-23H,6,17-18H2,1-4H3,(H,37,42)/b38-31-. The van der Waals surface area contributed by atoms with Gasteiger partial charge in [0.1, 0.15) is 12.1 Å². The summed E-state index contributed by atoms with van der Waals surface area (Å²) in [6, 6.07) is 18.8. The monoisotopic (exact) mass is 622 g/mol. The van der Waals surface area contributed by atoms with Gasteiger partial charge in [0.05, 0.1) is 5.69 Å². The third-order valence-corrected chi connectivity index (χ3v) is 8.58. The SMILES string of the molecule is Cc1cccc(C)c1N1CCCS/C1=N\C(=O)NC(C)C(C)c1ccc(-c2ncn(-c3ccc(OC(F)(F)F)cc3)n2)cc1. The molecule has 2 amide bonds. The van der Waals surface area contributed by atoms with Gasteiger partial charge in [0.25, 0.3) is 0 Å². The Kier molecular flexibility index (Phi) is 9.28. The van der Waals surface area contributed by atoms with E-state index < -0.39 is 6.36 Å². The highest BCUT2D eigenvalue weighted by Gasteiger charge is 2.31. The van der Waals surface area contributed by atoms with Crippen molar-refractivity contribution in [3.63, 3.8) is 0 Å². The van der Waals surface area contributed by atoms with Gasteiger partial charge in [-0.05, 0) is 68.1 Å². The molecule has 1 aromatic heterocycles. The van der Waals surface area contributed by atoms with Crippen LogP contribution in [-0.2, 0) is 0 Å². The van der Waals surface area contributed by atoms with Gasteiger partial charge in [0.15, 0.2) is 11.0 Å². The lowest BCUT2D eigenvalue weighted by Crippen LogP contribution is -2.39. The maximum atomic E-state index is 13.0. The molecule has 1 aliphatic heterocycles. The molecule has 0 radical (unpaired) electrons. The molecule has 1 N–H and O–H groups in total. The Labute approximate surface area is 258 Å².